The fourth-order valence-electron chi connectivity index (χ4n) is 1.75. The summed E-state index contributed by atoms with van der Waals surface area (Å²) in [4.78, 5) is 12.1. The molecule has 2 heteroatoms. The van der Waals surface area contributed by atoms with Crippen molar-refractivity contribution in [2.24, 2.45) is 0 Å². The largest absolute Gasteiger partial charge is 0.312 e. The Hall–Kier alpha value is -1.57. The maximum absolute atomic E-state index is 12.1. The number of pyridine rings is 1. The minimum Gasteiger partial charge on any atom is -0.312 e. The summed E-state index contributed by atoms with van der Waals surface area (Å²) < 4.78 is 1.81. The van der Waals surface area contributed by atoms with E-state index in [4.69, 9.17) is 0 Å². The lowest BCUT2D eigenvalue weighted by atomic mass is 10.1. The molecule has 1 aromatic heterocycles. The number of nitrogens with zero attached hydrogens (tertiary/aromatic N) is 1. The zero-order chi connectivity index (χ0) is 10.8. The molecule has 0 bridgehead atoms. The van der Waals surface area contributed by atoms with Gasteiger partial charge in [0.15, 0.2) is 0 Å². The van der Waals surface area contributed by atoms with E-state index in [1.807, 2.05) is 41.1 Å². The molecule has 1 unspecified atom stereocenters. The number of aromatic nitrogens is 1. The first-order valence-electron chi connectivity index (χ1n) is 5.34. The van der Waals surface area contributed by atoms with Gasteiger partial charge in [-0.3, -0.25) is 4.79 Å². The van der Waals surface area contributed by atoms with E-state index in [0.717, 1.165) is 17.2 Å². The van der Waals surface area contributed by atoms with E-state index < -0.39 is 0 Å². The van der Waals surface area contributed by atoms with Crippen molar-refractivity contribution in [1.82, 2.24) is 4.57 Å². The van der Waals surface area contributed by atoms with Gasteiger partial charge in [-0.2, -0.15) is 0 Å². The Morgan fingerprint density at radius 3 is 2.73 bits per heavy atom. The number of rotatable bonds is 2. The fourth-order valence-corrected chi connectivity index (χ4v) is 1.75. The second kappa shape index (κ2) is 3.89. The molecule has 15 heavy (non-hydrogen) atoms. The van der Waals surface area contributed by atoms with Crippen molar-refractivity contribution < 1.29 is 0 Å². The lowest BCUT2D eigenvalue weighted by Gasteiger charge is -2.13. The van der Waals surface area contributed by atoms with Crippen LogP contribution >= 0.6 is 0 Å². The predicted octanol–water partition coefficient (Wildman–Crippen LogP) is 2.97. The van der Waals surface area contributed by atoms with Crippen LogP contribution in [0.1, 0.15) is 26.3 Å². The van der Waals surface area contributed by atoms with Crippen LogP contribution < -0.4 is 5.56 Å². The third kappa shape index (κ3) is 1.67. The minimum atomic E-state index is 0.113. The van der Waals surface area contributed by atoms with Crippen molar-refractivity contribution in [1.29, 1.82) is 0 Å². The summed E-state index contributed by atoms with van der Waals surface area (Å²) in [6.07, 6.45) is 2.86. The van der Waals surface area contributed by atoms with Gasteiger partial charge in [0.05, 0.1) is 0 Å². The van der Waals surface area contributed by atoms with Crippen LogP contribution in [0.2, 0.25) is 0 Å². The Morgan fingerprint density at radius 1 is 1.27 bits per heavy atom. The van der Waals surface area contributed by atoms with Gasteiger partial charge in [-0.15, -0.1) is 0 Å². The van der Waals surface area contributed by atoms with Crippen molar-refractivity contribution in [2.75, 3.05) is 0 Å². The number of hydrogen-bond acceptors (Lipinski definition) is 1. The van der Waals surface area contributed by atoms with E-state index >= 15 is 0 Å². The highest BCUT2D eigenvalue weighted by Gasteiger charge is 2.06. The van der Waals surface area contributed by atoms with Gasteiger partial charge in [0, 0.05) is 17.6 Å². The van der Waals surface area contributed by atoms with Crippen molar-refractivity contribution >= 4 is 10.8 Å². The van der Waals surface area contributed by atoms with Gasteiger partial charge >= 0.3 is 0 Å². The summed E-state index contributed by atoms with van der Waals surface area (Å²) >= 11 is 0. The molecular weight excluding hydrogens is 186 g/mol. The smallest absolute Gasteiger partial charge is 0.258 e. The number of hydrogen-bond donors (Lipinski definition) is 0. The van der Waals surface area contributed by atoms with Gasteiger partial charge in [0.25, 0.3) is 5.56 Å². The molecule has 0 amide bonds. The van der Waals surface area contributed by atoms with Crippen LogP contribution in [0.25, 0.3) is 10.8 Å². The molecule has 1 heterocycles. The van der Waals surface area contributed by atoms with Crippen LogP contribution in [0, 0.1) is 0 Å². The maximum atomic E-state index is 12.1. The van der Waals surface area contributed by atoms with E-state index in [1.165, 1.54) is 0 Å². The Bertz CT molecular complexity index is 527. The first-order valence-corrected chi connectivity index (χ1v) is 5.34. The van der Waals surface area contributed by atoms with Crippen molar-refractivity contribution in [3.63, 3.8) is 0 Å². The molecule has 0 saturated heterocycles. The standard InChI is InChI=1S/C13H15NO/c1-3-10(2)14-9-8-11-6-4-5-7-12(11)13(14)15/h4-10H,3H2,1-2H3. The SMILES string of the molecule is CCC(C)n1ccc2ccccc2c1=O. The molecule has 0 aliphatic heterocycles. The zero-order valence-electron chi connectivity index (χ0n) is 9.10. The number of fused-ring (bicyclic) bond motifs is 1. The van der Waals surface area contributed by atoms with Gasteiger partial charge < -0.3 is 4.57 Å². The minimum absolute atomic E-state index is 0.113. The molecule has 1 atom stereocenters. The molecule has 0 aliphatic rings. The topological polar surface area (TPSA) is 22.0 Å². The first-order chi connectivity index (χ1) is 7.24. The Labute approximate surface area is 89.2 Å². The molecule has 0 saturated carbocycles. The molecule has 0 spiro atoms. The molecule has 0 fully saturated rings. The summed E-state index contributed by atoms with van der Waals surface area (Å²) in [5.74, 6) is 0. The summed E-state index contributed by atoms with van der Waals surface area (Å²) in [6.45, 7) is 4.16. The molecule has 2 aromatic rings. The van der Waals surface area contributed by atoms with Crippen LogP contribution in [0.5, 0.6) is 0 Å². The van der Waals surface area contributed by atoms with Crippen LogP contribution in [0.4, 0.5) is 0 Å². The molecule has 0 N–H and O–H groups in total. The van der Waals surface area contributed by atoms with Gasteiger partial charge in [0.2, 0.25) is 0 Å². The van der Waals surface area contributed by atoms with Crippen molar-refractivity contribution in [3.05, 3.63) is 46.9 Å². The van der Waals surface area contributed by atoms with E-state index in [0.29, 0.717) is 0 Å². The highest BCUT2D eigenvalue weighted by Crippen LogP contribution is 2.12. The predicted molar refractivity (Wildman–Crippen MR) is 63.2 cm³/mol. The van der Waals surface area contributed by atoms with Crippen LogP contribution in [-0.4, -0.2) is 4.57 Å². The molecule has 1 aromatic carbocycles. The highest BCUT2D eigenvalue weighted by molar-refractivity contribution is 5.81. The normalized spacial score (nSPS) is 12.9. The van der Waals surface area contributed by atoms with E-state index in [1.54, 1.807) is 0 Å². The van der Waals surface area contributed by atoms with E-state index in [-0.39, 0.29) is 11.6 Å². The number of benzene rings is 1. The van der Waals surface area contributed by atoms with Gasteiger partial charge in [-0.05, 0) is 30.9 Å². The first kappa shape index (κ1) is 9.97. The molecule has 0 radical (unpaired) electrons. The molecule has 2 rings (SSSR count). The molecular formula is C13H15NO. The lowest BCUT2D eigenvalue weighted by molar-refractivity contribution is 0.517. The zero-order valence-corrected chi connectivity index (χ0v) is 9.10. The molecule has 78 valence electrons. The quantitative estimate of drug-likeness (QED) is 0.732. The van der Waals surface area contributed by atoms with Crippen molar-refractivity contribution in [3.8, 4) is 0 Å². The maximum Gasteiger partial charge on any atom is 0.258 e. The average molecular weight is 201 g/mol. The Kier molecular flexibility index (Phi) is 2.58. The average Bonchev–Trinajstić information content (AvgIpc) is 2.29. The Morgan fingerprint density at radius 2 is 2.00 bits per heavy atom. The third-order valence-corrected chi connectivity index (χ3v) is 2.91. The lowest BCUT2D eigenvalue weighted by Crippen LogP contribution is -2.22. The summed E-state index contributed by atoms with van der Waals surface area (Å²) in [7, 11) is 0. The monoisotopic (exact) mass is 201 g/mol. The summed E-state index contributed by atoms with van der Waals surface area (Å²) in [5, 5.41) is 1.82. The van der Waals surface area contributed by atoms with E-state index in [9.17, 15) is 4.79 Å². The molecule has 2 nitrogen and oxygen atoms in total. The van der Waals surface area contributed by atoms with Crippen LogP contribution in [0.3, 0.4) is 0 Å². The van der Waals surface area contributed by atoms with Gasteiger partial charge in [-0.1, -0.05) is 25.1 Å². The molecule has 0 aliphatic carbocycles. The second-order valence-electron chi connectivity index (χ2n) is 3.87. The second-order valence-corrected chi connectivity index (χ2v) is 3.87. The van der Waals surface area contributed by atoms with E-state index in [2.05, 4.69) is 13.8 Å². The third-order valence-electron chi connectivity index (χ3n) is 2.91. The Balaban J connectivity index is 2.71. The van der Waals surface area contributed by atoms with Gasteiger partial charge in [0.1, 0.15) is 0 Å². The van der Waals surface area contributed by atoms with Crippen LogP contribution in [0.15, 0.2) is 41.3 Å². The van der Waals surface area contributed by atoms with Gasteiger partial charge in [-0.25, -0.2) is 0 Å². The fraction of sp³-hybridized carbons (Fsp3) is 0.308. The van der Waals surface area contributed by atoms with Crippen LogP contribution in [-0.2, 0) is 0 Å². The summed E-state index contributed by atoms with van der Waals surface area (Å²) in [6, 6.07) is 9.99. The van der Waals surface area contributed by atoms with Crippen molar-refractivity contribution in [2.45, 2.75) is 26.3 Å². The highest BCUT2D eigenvalue weighted by atomic mass is 16.1. The summed E-state index contributed by atoms with van der Waals surface area (Å²) in [5.41, 5.74) is 0.113.